The number of nitrogens with zero attached hydrogens (tertiary/aromatic N) is 1. The summed E-state index contributed by atoms with van der Waals surface area (Å²) in [7, 11) is 0. The smallest absolute Gasteiger partial charge is 0.328 e. The Kier molecular flexibility index (Phi) is 10.0. The van der Waals surface area contributed by atoms with Crippen molar-refractivity contribution in [2.75, 3.05) is 13.2 Å². The largest absolute Gasteiger partial charge is 0.480 e. The number of aliphatic carboxylic acids is 1. The van der Waals surface area contributed by atoms with Gasteiger partial charge in [-0.25, -0.2) is 9.78 Å². The van der Waals surface area contributed by atoms with Crippen molar-refractivity contribution in [2.24, 2.45) is 11.5 Å². The summed E-state index contributed by atoms with van der Waals surface area (Å²) in [6.07, 6.45) is 2.25. The molecule has 4 unspecified atom stereocenters. The Hall–Kier alpha value is -3.56. The lowest BCUT2D eigenvalue weighted by Crippen LogP contribution is -2.59. The topological polar surface area (TPSA) is 263 Å². The minimum absolute atomic E-state index is 0.0517. The first kappa shape index (κ1) is 25.5. The van der Waals surface area contributed by atoms with Crippen molar-refractivity contribution in [3.8, 4) is 0 Å². The highest BCUT2D eigenvalue weighted by molar-refractivity contribution is 5.96. The summed E-state index contributed by atoms with van der Waals surface area (Å²) in [5.41, 5.74) is 11.4. The van der Waals surface area contributed by atoms with Crippen LogP contribution >= 0.6 is 0 Å². The maximum Gasteiger partial charge on any atom is 0.328 e. The lowest BCUT2D eigenvalue weighted by atomic mass is 10.1. The third-order valence-corrected chi connectivity index (χ3v) is 3.98. The molecule has 0 bridgehead atoms. The highest BCUT2D eigenvalue weighted by Gasteiger charge is 2.30. The van der Waals surface area contributed by atoms with Crippen LogP contribution in [0.15, 0.2) is 12.5 Å². The molecule has 0 aliphatic rings. The van der Waals surface area contributed by atoms with Gasteiger partial charge in [0.1, 0.15) is 18.1 Å². The molecule has 0 aliphatic heterocycles. The van der Waals surface area contributed by atoms with Crippen molar-refractivity contribution < 1.29 is 39.3 Å². The van der Waals surface area contributed by atoms with Crippen LogP contribution in [0.25, 0.3) is 0 Å². The Morgan fingerprint density at radius 3 is 2.00 bits per heavy atom. The second-order valence-electron chi connectivity index (χ2n) is 6.44. The van der Waals surface area contributed by atoms with Gasteiger partial charge in [-0.1, -0.05) is 0 Å². The highest BCUT2D eigenvalue weighted by atomic mass is 16.4. The molecule has 1 heterocycles. The second kappa shape index (κ2) is 12.2. The Balaban J connectivity index is 2.80. The monoisotopic (exact) mass is 443 g/mol. The Bertz CT molecular complexity index is 785. The number of aromatic nitrogens is 2. The quantitative estimate of drug-likeness (QED) is 0.140. The van der Waals surface area contributed by atoms with E-state index in [0.29, 0.717) is 5.69 Å². The number of aromatic amines is 1. The van der Waals surface area contributed by atoms with Crippen LogP contribution in [0.3, 0.4) is 0 Å². The number of carbonyl (C=O) groups is 5. The maximum atomic E-state index is 12.5. The molecule has 0 radical (unpaired) electrons. The summed E-state index contributed by atoms with van der Waals surface area (Å²) in [4.78, 5) is 65.5. The van der Waals surface area contributed by atoms with Gasteiger partial charge in [0, 0.05) is 18.3 Å². The maximum absolute atomic E-state index is 12.5. The molecule has 11 N–H and O–H groups in total. The van der Waals surface area contributed by atoms with Crippen molar-refractivity contribution in [3.05, 3.63) is 18.2 Å². The zero-order valence-electron chi connectivity index (χ0n) is 16.3. The first-order chi connectivity index (χ1) is 14.6. The minimum Gasteiger partial charge on any atom is -0.480 e. The lowest BCUT2D eigenvalue weighted by Gasteiger charge is -2.23. The van der Waals surface area contributed by atoms with Crippen LogP contribution in [0.2, 0.25) is 0 Å². The van der Waals surface area contributed by atoms with E-state index >= 15 is 0 Å². The molecule has 4 atom stereocenters. The van der Waals surface area contributed by atoms with Gasteiger partial charge in [0.25, 0.3) is 0 Å². The molecule has 0 saturated carbocycles. The molecule has 4 amide bonds. The SMILES string of the molecule is NC(=O)CC(NC(=O)C(N)Cc1cnc[nH]1)C(=O)NC(CO)C(=O)NC(CO)C(=O)O. The van der Waals surface area contributed by atoms with Crippen LogP contribution in [0, 0.1) is 0 Å². The van der Waals surface area contributed by atoms with E-state index in [2.05, 4.69) is 20.6 Å². The number of hydrogen-bond acceptors (Lipinski definition) is 9. The molecule has 1 aromatic rings. The zero-order chi connectivity index (χ0) is 23.6. The number of aliphatic hydroxyl groups is 2. The van der Waals surface area contributed by atoms with Crippen molar-refractivity contribution in [2.45, 2.75) is 37.0 Å². The zero-order valence-corrected chi connectivity index (χ0v) is 16.3. The number of nitrogens with two attached hydrogens (primary N) is 2. The van der Waals surface area contributed by atoms with E-state index in [-0.39, 0.29) is 6.42 Å². The van der Waals surface area contributed by atoms with E-state index in [1.165, 1.54) is 12.5 Å². The molecule has 0 saturated heterocycles. The summed E-state index contributed by atoms with van der Waals surface area (Å²) in [6, 6.07) is -5.93. The Labute approximate surface area is 175 Å². The van der Waals surface area contributed by atoms with Gasteiger partial charge in [-0.3, -0.25) is 19.2 Å². The van der Waals surface area contributed by atoms with E-state index in [0.717, 1.165) is 0 Å². The third kappa shape index (κ3) is 8.37. The number of nitrogens with one attached hydrogen (secondary N) is 4. The average Bonchev–Trinajstić information content (AvgIpc) is 3.21. The van der Waals surface area contributed by atoms with Gasteiger partial charge in [-0.05, 0) is 0 Å². The molecule has 31 heavy (non-hydrogen) atoms. The standard InChI is InChI=1S/C16H25N7O8/c17-8(1-7-3-19-6-20-7)13(27)21-9(2-12(18)26)14(28)22-10(4-24)15(29)23-11(5-25)16(30)31/h3,6,8-11,24-25H,1-2,4-5,17H2,(H2,18,26)(H,19,20)(H,21,27)(H,22,28)(H,23,29)(H,30,31). The van der Waals surface area contributed by atoms with Gasteiger partial charge in [0.05, 0.1) is 32.0 Å². The fourth-order valence-electron chi connectivity index (χ4n) is 2.34. The van der Waals surface area contributed by atoms with E-state index in [1.807, 2.05) is 5.32 Å². The molecule has 0 aromatic carbocycles. The fourth-order valence-corrected chi connectivity index (χ4v) is 2.34. The van der Waals surface area contributed by atoms with Gasteiger partial charge < -0.3 is 47.7 Å². The van der Waals surface area contributed by atoms with Gasteiger partial charge in [-0.15, -0.1) is 0 Å². The molecule has 15 nitrogen and oxygen atoms in total. The number of hydrogen-bond donors (Lipinski definition) is 9. The second-order valence-corrected chi connectivity index (χ2v) is 6.44. The van der Waals surface area contributed by atoms with Crippen molar-refractivity contribution in [3.63, 3.8) is 0 Å². The third-order valence-electron chi connectivity index (χ3n) is 3.98. The van der Waals surface area contributed by atoms with Crippen LogP contribution in [-0.2, 0) is 30.4 Å². The molecular formula is C16H25N7O8. The minimum atomic E-state index is -1.67. The van der Waals surface area contributed by atoms with Gasteiger partial charge in [-0.2, -0.15) is 0 Å². The summed E-state index contributed by atoms with van der Waals surface area (Å²) < 4.78 is 0. The first-order valence-electron chi connectivity index (χ1n) is 8.95. The normalized spacial score (nSPS) is 14.5. The van der Waals surface area contributed by atoms with Gasteiger partial charge in [0.2, 0.25) is 23.6 Å². The summed E-state index contributed by atoms with van der Waals surface area (Å²) in [5.74, 6) is -5.45. The first-order valence-corrected chi connectivity index (χ1v) is 8.95. The number of H-pyrrole nitrogens is 1. The van der Waals surface area contributed by atoms with E-state index in [4.69, 9.17) is 21.7 Å². The van der Waals surface area contributed by atoms with E-state index in [1.54, 1.807) is 0 Å². The van der Waals surface area contributed by atoms with Crippen molar-refractivity contribution >= 4 is 29.6 Å². The number of carboxylic acid groups (broad SMARTS) is 1. The predicted molar refractivity (Wildman–Crippen MR) is 102 cm³/mol. The van der Waals surface area contributed by atoms with Crippen LogP contribution in [0.4, 0.5) is 0 Å². The number of carbonyl (C=O) groups excluding carboxylic acids is 4. The molecule has 1 rings (SSSR count). The summed E-state index contributed by atoms with van der Waals surface area (Å²) in [6.45, 7) is -1.87. The number of imidazole rings is 1. The Morgan fingerprint density at radius 2 is 1.52 bits per heavy atom. The van der Waals surface area contributed by atoms with Crippen LogP contribution in [0.1, 0.15) is 12.1 Å². The fraction of sp³-hybridized carbons (Fsp3) is 0.500. The summed E-state index contributed by atoms with van der Waals surface area (Å²) >= 11 is 0. The van der Waals surface area contributed by atoms with Gasteiger partial charge >= 0.3 is 5.97 Å². The van der Waals surface area contributed by atoms with Crippen LogP contribution in [0.5, 0.6) is 0 Å². The van der Waals surface area contributed by atoms with Crippen molar-refractivity contribution in [1.82, 2.24) is 25.9 Å². The van der Waals surface area contributed by atoms with Crippen LogP contribution in [-0.4, -0.2) is 92.3 Å². The van der Waals surface area contributed by atoms with Crippen molar-refractivity contribution in [1.29, 1.82) is 0 Å². The van der Waals surface area contributed by atoms with Gasteiger partial charge in [0.15, 0.2) is 0 Å². The summed E-state index contributed by atoms with van der Waals surface area (Å²) in [5, 5.41) is 33.4. The van der Waals surface area contributed by atoms with E-state index in [9.17, 15) is 29.1 Å². The molecular weight excluding hydrogens is 418 g/mol. The molecule has 0 spiro atoms. The average molecular weight is 443 g/mol. The number of carboxylic acids is 1. The molecule has 0 aliphatic carbocycles. The molecule has 1 aromatic heterocycles. The lowest BCUT2D eigenvalue weighted by molar-refractivity contribution is -0.143. The predicted octanol–water partition coefficient (Wildman–Crippen LogP) is -5.32. The number of rotatable bonds is 13. The molecule has 172 valence electrons. The Morgan fingerprint density at radius 1 is 0.968 bits per heavy atom. The molecule has 15 heteroatoms. The highest BCUT2D eigenvalue weighted by Crippen LogP contribution is 2.00. The number of amides is 4. The number of aliphatic hydroxyl groups excluding tert-OH is 2. The van der Waals surface area contributed by atoms with Crippen LogP contribution < -0.4 is 27.4 Å². The number of primary amides is 1. The van der Waals surface area contributed by atoms with E-state index < -0.39 is 73.4 Å². The molecule has 0 fully saturated rings.